The molecule has 0 saturated carbocycles. The molecular formula is C38H48ClN7O3. The maximum absolute atomic E-state index is 13.4. The van der Waals surface area contributed by atoms with E-state index in [1.54, 1.807) is 12.1 Å². The van der Waals surface area contributed by atoms with E-state index in [2.05, 4.69) is 58.9 Å². The van der Waals surface area contributed by atoms with Crippen LogP contribution in [0.1, 0.15) is 73.6 Å². The number of halogens is 1. The molecule has 2 aliphatic heterocycles. The highest BCUT2D eigenvalue weighted by atomic mass is 35.5. The Morgan fingerprint density at radius 1 is 1.10 bits per heavy atom. The van der Waals surface area contributed by atoms with Crippen LogP contribution < -0.4 is 16.0 Å². The summed E-state index contributed by atoms with van der Waals surface area (Å²) < 4.78 is 7.49. The Labute approximate surface area is 293 Å². The van der Waals surface area contributed by atoms with E-state index in [1.807, 2.05) is 29.1 Å². The van der Waals surface area contributed by atoms with Crippen molar-refractivity contribution in [2.75, 3.05) is 38.2 Å². The van der Waals surface area contributed by atoms with Gasteiger partial charge in [-0.25, -0.2) is 9.67 Å². The first-order valence-electron chi connectivity index (χ1n) is 17.7. The van der Waals surface area contributed by atoms with Gasteiger partial charge < -0.3 is 20.7 Å². The quantitative estimate of drug-likeness (QED) is 0.147. The molecule has 3 N–H and O–H groups in total. The molecule has 2 aliphatic rings. The van der Waals surface area contributed by atoms with Crippen LogP contribution >= 0.6 is 11.6 Å². The molecule has 0 aliphatic carbocycles. The Balaban J connectivity index is 1.12. The number of hydrogen-bond acceptors (Lipinski definition) is 8. The van der Waals surface area contributed by atoms with Crippen molar-refractivity contribution < 1.29 is 14.3 Å². The van der Waals surface area contributed by atoms with Gasteiger partial charge in [0, 0.05) is 105 Å². The number of hydrogen-bond donors (Lipinski definition) is 3. The Hall–Kier alpha value is -3.83. The van der Waals surface area contributed by atoms with Crippen molar-refractivity contribution in [3.05, 3.63) is 76.1 Å². The summed E-state index contributed by atoms with van der Waals surface area (Å²) in [7, 11) is 0. The van der Waals surface area contributed by atoms with Gasteiger partial charge in [-0.3, -0.25) is 14.5 Å². The van der Waals surface area contributed by atoms with Crippen LogP contribution in [0.3, 0.4) is 0 Å². The summed E-state index contributed by atoms with van der Waals surface area (Å²) >= 11 is 6.65. The minimum absolute atomic E-state index is 0.0863. The Morgan fingerprint density at radius 3 is 2.71 bits per heavy atom. The monoisotopic (exact) mass is 685 g/mol. The standard InChI is InChI=1S/C38H48ClN7O3/c1-4-34-31(37(43-29-13-17-49-18-14-29)32-22-42-46(5-2)38(32)44-34)21-41-36(48)12-11-35(47)28-9-10-33(39)30(20-28)27-8-6-7-26(19-27)24-45-16-15-40-25(3)23-45/h6-10,19-20,22,25,29,40H,4-5,11-18,21,23-24H2,1-3H3,(H,41,48)(H,43,44)/t25-/m0/s1. The van der Waals surface area contributed by atoms with E-state index in [1.165, 1.54) is 5.56 Å². The van der Waals surface area contributed by atoms with Crippen LogP contribution in [0.25, 0.3) is 22.2 Å². The number of anilines is 1. The van der Waals surface area contributed by atoms with E-state index in [0.717, 1.165) is 97.9 Å². The number of ether oxygens (including phenoxy) is 1. The number of fused-ring (bicyclic) bond motifs is 1. The first-order valence-corrected chi connectivity index (χ1v) is 18.1. The van der Waals surface area contributed by atoms with Crippen LogP contribution in [0.4, 0.5) is 5.69 Å². The van der Waals surface area contributed by atoms with Crippen molar-refractivity contribution in [3.8, 4) is 11.1 Å². The van der Waals surface area contributed by atoms with E-state index in [9.17, 15) is 9.59 Å². The Morgan fingerprint density at radius 2 is 1.94 bits per heavy atom. The lowest BCUT2D eigenvalue weighted by molar-refractivity contribution is -0.121. The predicted octanol–water partition coefficient (Wildman–Crippen LogP) is 6.00. The van der Waals surface area contributed by atoms with Crippen LogP contribution in [0.2, 0.25) is 5.02 Å². The lowest BCUT2D eigenvalue weighted by Gasteiger charge is -2.31. The molecule has 1 amide bonds. The summed E-state index contributed by atoms with van der Waals surface area (Å²) in [6.07, 6.45) is 4.59. The van der Waals surface area contributed by atoms with E-state index in [4.69, 9.17) is 21.3 Å². The van der Waals surface area contributed by atoms with E-state index in [-0.39, 0.29) is 30.6 Å². The lowest BCUT2D eigenvalue weighted by Crippen LogP contribution is -2.48. The highest BCUT2D eigenvalue weighted by Gasteiger charge is 2.23. The van der Waals surface area contributed by atoms with Crippen molar-refractivity contribution >= 4 is 40.0 Å². The summed E-state index contributed by atoms with van der Waals surface area (Å²) in [6, 6.07) is 14.5. The second kappa shape index (κ2) is 16.3. The van der Waals surface area contributed by atoms with Gasteiger partial charge in [0.25, 0.3) is 0 Å². The number of carbonyl (C=O) groups excluding carboxylic acids is 2. The molecule has 49 heavy (non-hydrogen) atoms. The van der Waals surface area contributed by atoms with Gasteiger partial charge in [-0.05, 0) is 68.5 Å². The highest BCUT2D eigenvalue weighted by Crippen LogP contribution is 2.32. The number of pyridine rings is 1. The summed E-state index contributed by atoms with van der Waals surface area (Å²) in [4.78, 5) is 33.9. The molecule has 2 aromatic heterocycles. The minimum Gasteiger partial charge on any atom is -0.381 e. The van der Waals surface area contributed by atoms with E-state index >= 15 is 0 Å². The number of carbonyl (C=O) groups is 2. The number of amides is 1. The second-order valence-corrected chi connectivity index (χ2v) is 13.6. The summed E-state index contributed by atoms with van der Waals surface area (Å²) in [5, 5.41) is 16.4. The zero-order chi connectivity index (χ0) is 34.3. The zero-order valence-electron chi connectivity index (χ0n) is 28.9. The summed E-state index contributed by atoms with van der Waals surface area (Å²) in [5.41, 5.74) is 7.27. The molecule has 10 nitrogen and oxygen atoms in total. The number of ketones is 1. The number of nitrogens with one attached hydrogen (secondary N) is 3. The predicted molar refractivity (Wildman–Crippen MR) is 195 cm³/mol. The number of piperazine rings is 1. The average Bonchev–Trinajstić information content (AvgIpc) is 3.53. The molecule has 6 rings (SSSR count). The van der Waals surface area contributed by atoms with Crippen molar-refractivity contribution in [2.45, 2.75) is 84.6 Å². The normalized spacial score (nSPS) is 17.3. The third-order valence-electron chi connectivity index (χ3n) is 9.60. The van der Waals surface area contributed by atoms with Gasteiger partial charge in [-0.1, -0.05) is 36.7 Å². The van der Waals surface area contributed by atoms with Crippen molar-refractivity contribution in [3.63, 3.8) is 0 Å². The van der Waals surface area contributed by atoms with Gasteiger partial charge >= 0.3 is 0 Å². The average molecular weight is 686 g/mol. The molecule has 0 unspecified atom stereocenters. The number of aryl methyl sites for hydroxylation is 2. The van der Waals surface area contributed by atoms with Gasteiger partial charge in [0.15, 0.2) is 11.4 Å². The van der Waals surface area contributed by atoms with E-state index in [0.29, 0.717) is 29.6 Å². The van der Waals surface area contributed by atoms with Crippen LogP contribution in [0.5, 0.6) is 0 Å². The molecule has 2 saturated heterocycles. The number of rotatable bonds is 13. The fraction of sp³-hybridized carbons (Fsp3) is 0.474. The van der Waals surface area contributed by atoms with Gasteiger partial charge in [0.1, 0.15) is 0 Å². The second-order valence-electron chi connectivity index (χ2n) is 13.2. The highest BCUT2D eigenvalue weighted by molar-refractivity contribution is 6.33. The SMILES string of the molecule is CCc1nc2c(cnn2CC)c(NC2CCOCC2)c1CNC(=O)CCC(=O)c1ccc(Cl)c(-c2cccc(CN3CCN[C@@H](C)C3)c2)c1. The van der Waals surface area contributed by atoms with Gasteiger partial charge in [-0.2, -0.15) is 5.10 Å². The summed E-state index contributed by atoms with van der Waals surface area (Å²) in [5.74, 6) is -0.272. The van der Waals surface area contributed by atoms with Crippen LogP contribution in [0, 0.1) is 0 Å². The summed E-state index contributed by atoms with van der Waals surface area (Å²) in [6.45, 7) is 12.7. The molecule has 4 aromatic rings. The minimum atomic E-state index is -0.180. The fourth-order valence-electron chi connectivity index (χ4n) is 6.92. The molecular weight excluding hydrogens is 638 g/mol. The molecule has 260 valence electrons. The van der Waals surface area contributed by atoms with Crippen LogP contribution in [-0.4, -0.2) is 76.3 Å². The van der Waals surface area contributed by atoms with Crippen LogP contribution in [0.15, 0.2) is 48.7 Å². The van der Waals surface area contributed by atoms with Gasteiger partial charge in [-0.15, -0.1) is 0 Å². The molecule has 0 spiro atoms. The number of nitrogens with zero attached hydrogens (tertiary/aromatic N) is 4. The fourth-order valence-corrected chi connectivity index (χ4v) is 7.15. The molecule has 11 heteroatoms. The third-order valence-corrected chi connectivity index (χ3v) is 9.93. The molecule has 0 bridgehead atoms. The van der Waals surface area contributed by atoms with Gasteiger partial charge in [0.05, 0.1) is 17.3 Å². The van der Waals surface area contributed by atoms with Crippen molar-refractivity contribution in [1.82, 2.24) is 30.3 Å². The number of benzene rings is 2. The number of Topliss-reactive ketones (excluding diaryl/α,β-unsaturated/α-hetero) is 1. The smallest absolute Gasteiger partial charge is 0.220 e. The van der Waals surface area contributed by atoms with Crippen LogP contribution in [-0.2, 0) is 35.6 Å². The molecule has 2 aromatic carbocycles. The molecule has 2 fully saturated rings. The topological polar surface area (TPSA) is 113 Å². The van der Waals surface area contributed by atoms with E-state index < -0.39 is 0 Å². The lowest BCUT2D eigenvalue weighted by atomic mass is 9.98. The molecule has 1 atom stereocenters. The third kappa shape index (κ3) is 8.49. The first kappa shape index (κ1) is 35.0. The Bertz CT molecular complexity index is 1780. The Kier molecular flexibility index (Phi) is 11.6. The first-order chi connectivity index (χ1) is 23.8. The zero-order valence-corrected chi connectivity index (χ0v) is 29.6. The van der Waals surface area contributed by atoms with Gasteiger partial charge in [0.2, 0.25) is 5.91 Å². The largest absolute Gasteiger partial charge is 0.381 e. The molecule has 0 radical (unpaired) electrons. The molecule has 4 heterocycles. The maximum atomic E-state index is 13.4. The number of aromatic nitrogens is 3. The van der Waals surface area contributed by atoms with Crippen molar-refractivity contribution in [1.29, 1.82) is 0 Å². The maximum Gasteiger partial charge on any atom is 0.220 e. The van der Waals surface area contributed by atoms with Crippen molar-refractivity contribution in [2.24, 2.45) is 0 Å².